The number of aryl methyl sites for hydroxylation is 1. The van der Waals surface area contributed by atoms with Crippen molar-refractivity contribution in [3.05, 3.63) is 35.4 Å². The predicted molar refractivity (Wildman–Crippen MR) is 77.2 cm³/mol. The highest BCUT2D eigenvalue weighted by Gasteiger charge is 2.24. The van der Waals surface area contributed by atoms with Crippen molar-refractivity contribution in [3.63, 3.8) is 0 Å². The first kappa shape index (κ1) is 14.0. The Hall–Kier alpha value is -1.39. The molecule has 1 unspecified atom stereocenters. The van der Waals surface area contributed by atoms with Gasteiger partial charge in [0.25, 0.3) is 0 Å². The van der Waals surface area contributed by atoms with Crippen LogP contribution >= 0.6 is 0 Å². The minimum absolute atomic E-state index is 0.0359. The van der Waals surface area contributed by atoms with Crippen molar-refractivity contribution in [2.24, 2.45) is 0 Å². The number of piperazine rings is 1. The summed E-state index contributed by atoms with van der Waals surface area (Å²) in [6.07, 6.45) is 0.886. The molecule has 1 heterocycles. The summed E-state index contributed by atoms with van der Waals surface area (Å²) in [5, 5.41) is 6.29. The number of rotatable bonds is 4. The van der Waals surface area contributed by atoms with Crippen molar-refractivity contribution < 1.29 is 4.79 Å². The van der Waals surface area contributed by atoms with Gasteiger partial charge in [-0.25, -0.2) is 0 Å². The molecule has 1 saturated heterocycles. The van der Waals surface area contributed by atoms with E-state index in [9.17, 15) is 4.79 Å². The van der Waals surface area contributed by atoms with Crippen LogP contribution in [-0.2, 0) is 11.2 Å². The molecular formula is C15H23N3O. The topological polar surface area (TPSA) is 44.4 Å². The zero-order valence-corrected chi connectivity index (χ0v) is 11.8. The maximum atomic E-state index is 12.1. The summed E-state index contributed by atoms with van der Waals surface area (Å²) in [4.78, 5) is 14.2. The molecule has 4 heteroatoms. The van der Waals surface area contributed by atoms with Gasteiger partial charge in [-0.05, 0) is 26.0 Å². The van der Waals surface area contributed by atoms with Crippen LogP contribution in [0.25, 0.3) is 0 Å². The molecule has 4 nitrogen and oxygen atoms in total. The van der Waals surface area contributed by atoms with Crippen LogP contribution in [0.3, 0.4) is 0 Å². The fourth-order valence-corrected chi connectivity index (χ4v) is 2.41. The highest BCUT2D eigenvalue weighted by Crippen LogP contribution is 2.04. The summed E-state index contributed by atoms with van der Waals surface area (Å²) in [6.45, 7) is 5.42. The lowest BCUT2D eigenvalue weighted by Crippen LogP contribution is -2.56. The quantitative estimate of drug-likeness (QED) is 0.832. The molecule has 0 spiro atoms. The van der Waals surface area contributed by atoms with Gasteiger partial charge in [0, 0.05) is 26.2 Å². The van der Waals surface area contributed by atoms with Gasteiger partial charge in [-0.3, -0.25) is 9.69 Å². The normalized spacial score (nSPS) is 20.2. The van der Waals surface area contributed by atoms with Crippen molar-refractivity contribution in [1.29, 1.82) is 0 Å². The Labute approximate surface area is 115 Å². The molecule has 1 aliphatic rings. The summed E-state index contributed by atoms with van der Waals surface area (Å²) >= 11 is 0. The Morgan fingerprint density at radius 1 is 1.53 bits per heavy atom. The van der Waals surface area contributed by atoms with E-state index in [-0.39, 0.29) is 11.9 Å². The van der Waals surface area contributed by atoms with Crippen molar-refractivity contribution in [2.75, 3.05) is 33.2 Å². The third kappa shape index (κ3) is 4.04. The van der Waals surface area contributed by atoms with E-state index < -0.39 is 0 Å². The standard InChI is InChI=1S/C15H23N3O/c1-12-4-3-5-13(10-12)6-7-17-15(19)14-11-16-8-9-18(14)2/h3-5,10,14,16H,6-9,11H2,1-2H3,(H,17,19). The molecule has 2 rings (SSSR count). The Morgan fingerprint density at radius 2 is 2.37 bits per heavy atom. The van der Waals surface area contributed by atoms with Crippen LogP contribution in [0, 0.1) is 6.92 Å². The molecule has 104 valence electrons. The third-order valence-corrected chi connectivity index (χ3v) is 3.61. The van der Waals surface area contributed by atoms with Gasteiger partial charge in [0.05, 0.1) is 0 Å². The number of likely N-dealkylation sites (N-methyl/N-ethyl adjacent to an activating group) is 1. The predicted octanol–water partition coefficient (Wildman–Crippen LogP) is 0.557. The molecule has 1 aromatic rings. The Kier molecular flexibility index (Phi) is 4.93. The summed E-state index contributed by atoms with van der Waals surface area (Å²) in [5.74, 6) is 0.127. The monoisotopic (exact) mass is 261 g/mol. The van der Waals surface area contributed by atoms with Crippen LogP contribution in [0.5, 0.6) is 0 Å². The van der Waals surface area contributed by atoms with Crippen LogP contribution in [0.15, 0.2) is 24.3 Å². The molecule has 1 fully saturated rings. The van der Waals surface area contributed by atoms with Crippen LogP contribution in [0.2, 0.25) is 0 Å². The fourth-order valence-electron chi connectivity index (χ4n) is 2.41. The third-order valence-electron chi connectivity index (χ3n) is 3.61. The first-order valence-corrected chi connectivity index (χ1v) is 6.91. The second-order valence-electron chi connectivity index (χ2n) is 5.23. The lowest BCUT2D eigenvalue weighted by molar-refractivity contribution is -0.126. The molecule has 1 amide bonds. The number of nitrogens with one attached hydrogen (secondary N) is 2. The molecule has 0 aliphatic carbocycles. The number of nitrogens with zero attached hydrogens (tertiary/aromatic N) is 1. The first-order valence-electron chi connectivity index (χ1n) is 6.91. The number of benzene rings is 1. The van der Waals surface area contributed by atoms with Crippen molar-refractivity contribution in [1.82, 2.24) is 15.5 Å². The Bertz CT molecular complexity index is 433. The van der Waals surface area contributed by atoms with Gasteiger partial charge in [0.2, 0.25) is 5.91 Å². The molecular weight excluding hydrogens is 238 g/mol. The van der Waals surface area contributed by atoms with Crippen molar-refractivity contribution in [2.45, 2.75) is 19.4 Å². The number of amides is 1. The van der Waals surface area contributed by atoms with E-state index in [0.29, 0.717) is 6.54 Å². The van der Waals surface area contributed by atoms with Gasteiger partial charge in [0.15, 0.2) is 0 Å². The van der Waals surface area contributed by atoms with Crippen LogP contribution in [0.1, 0.15) is 11.1 Å². The van der Waals surface area contributed by atoms with E-state index in [1.807, 2.05) is 7.05 Å². The van der Waals surface area contributed by atoms with Crippen LogP contribution < -0.4 is 10.6 Å². The largest absolute Gasteiger partial charge is 0.354 e. The number of hydrogen-bond donors (Lipinski definition) is 2. The minimum Gasteiger partial charge on any atom is -0.354 e. The minimum atomic E-state index is -0.0359. The average Bonchev–Trinajstić information content (AvgIpc) is 2.39. The van der Waals surface area contributed by atoms with E-state index >= 15 is 0 Å². The summed E-state index contributed by atoms with van der Waals surface area (Å²) in [7, 11) is 2.01. The molecule has 0 aromatic heterocycles. The molecule has 2 N–H and O–H groups in total. The van der Waals surface area contributed by atoms with E-state index in [2.05, 4.69) is 46.7 Å². The maximum absolute atomic E-state index is 12.1. The number of hydrogen-bond acceptors (Lipinski definition) is 3. The maximum Gasteiger partial charge on any atom is 0.238 e. The van der Waals surface area contributed by atoms with Crippen LogP contribution in [0.4, 0.5) is 0 Å². The summed E-state index contributed by atoms with van der Waals surface area (Å²) < 4.78 is 0. The molecule has 1 aliphatic heterocycles. The summed E-state index contributed by atoms with van der Waals surface area (Å²) in [6, 6.07) is 8.38. The lowest BCUT2D eigenvalue weighted by Gasteiger charge is -2.31. The molecule has 0 bridgehead atoms. The summed E-state index contributed by atoms with van der Waals surface area (Å²) in [5.41, 5.74) is 2.54. The highest BCUT2D eigenvalue weighted by molar-refractivity contribution is 5.82. The van der Waals surface area contributed by atoms with Crippen LogP contribution in [-0.4, -0.2) is 50.1 Å². The SMILES string of the molecule is Cc1cccc(CCNC(=O)C2CNCCN2C)c1. The van der Waals surface area contributed by atoms with Gasteiger partial charge >= 0.3 is 0 Å². The molecule has 1 aromatic carbocycles. The van der Waals surface area contributed by atoms with E-state index in [0.717, 1.165) is 26.1 Å². The van der Waals surface area contributed by atoms with Gasteiger partial charge in [0.1, 0.15) is 6.04 Å². The zero-order chi connectivity index (χ0) is 13.7. The van der Waals surface area contributed by atoms with Gasteiger partial charge in [-0.1, -0.05) is 29.8 Å². The van der Waals surface area contributed by atoms with E-state index in [1.165, 1.54) is 11.1 Å². The zero-order valence-electron chi connectivity index (χ0n) is 11.8. The Balaban J connectivity index is 1.77. The van der Waals surface area contributed by atoms with Gasteiger partial charge < -0.3 is 10.6 Å². The average molecular weight is 261 g/mol. The second-order valence-corrected chi connectivity index (χ2v) is 5.23. The van der Waals surface area contributed by atoms with Crippen molar-refractivity contribution in [3.8, 4) is 0 Å². The first-order chi connectivity index (χ1) is 9.16. The Morgan fingerprint density at radius 3 is 3.11 bits per heavy atom. The molecule has 19 heavy (non-hydrogen) atoms. The molecule has 1 atom stereocenters. The van der Waals surface area contributed by atoms with Crippen molar-refractivity contribution >= 4 is 5.91 Å². The van der Waals surface area contributed by atoms with Gasteiger partial charge in [-0.2, -0.15) is 0 Å². The smallest absolute Gasteiger partial charge is 0.238 e. The molecule has 0 saturated carbocycles. The number of carbonyl (C=O) groups is 1. The highest BCUT2D eigenvalue weighted by atomic mass is 16.2. The second kappa shape index (κ2) is 6.68. The number of carbonyl (C=O) groups excluding carboxylic acids is 1. The van der Waals surface area contributed by atoms with E-state index in [1.54, 1.807) is 0 Å². The lowest BCUT2D eigenvalue weighted by atomic mass is 10.1. The molecule has 0 radical (unpaired) electrons. The fraction of sp³-hybridized carbons (Fsp3) is 0.533. The van der Waals surface area contributed by atoms with Gasteiger partial charge in [-0.15, -0.1) is 0 Å². The van der Waals surface area contributed by atoms with E-state index in [4.69, 9.17) is 0 Å².